The fourth-order valence-electron chi connectivity index (χ4n) is 3.08. The minimum absolute atomic E-state index is 0.0112. The van der Waals surface area contributed by atoms with E-state index in [4.69, 9.17) is 9.47 Å². The largest absolute Gasteiger partial charge is 0.456 e. The van der Waals surface area contributed by atoms with E-state index in [-0.39, 0.29) is 18.0 Å². The molecule has 0 spiro atoms. The molecule has 6 nitrogen and oxygen atoms in total. The van der Waals surface area contributed by atoms with Gasteiger partial charge < -0.3 is 19.7 Å². The molecule has 3 rings (SSSR count). The van der Waals surface area contributed by atoms with Crippen molar-refractivity contribution in [1.82, 2.24) is 10.2 Å². The van der Waals surface area contributed by atoms with E-state index in [9.17, 15) is 9.59 Å². The van der Waals surface area contributed by atoms with Gasteiger partial charge in [0.2, 0.25) is 0 Å². The molecule has 0 aliphatic carbocycles. The first-order chi connectivity index (χ1) is 13.6. The van der Waals surface area contributed by atoms with E-state index in [1.54, 1.807) is 24.0 Å². The molecular weight excluding hydrogens is 424 g/mol. The number of benzene rings is 2. The van der Waals surface area contributed by atoms with Gasteiger partial charge in [-0.25, -0.2) is 4.79 Å². The molecule has 0 atom stereocenters. The van der Waals surface area contributed by atoms with Gasteiger partial charge in [0.15, 0.2) is 0 Å². The van der Waals surface area contributed by atoms with Gasteiger partial charge >= 0.3 is 6.09 Å². The van der Waals surface area contributed by atoms with Gasteiger partial charge in [-0.05, 0) is 50.1 Å². The van der Waals surface area contributed by atoms with E-state index in [1.807, 2.05) is 36.4 Å². The summed E-state index contributed by atoms with van der Waals surface area (Å²) in [7, 11) is 0. The molecule has 1 aliphatic rings. The Labute approximate surface area is 172 Å². The molecule has 1 fully saturated rings. The Kier molecular flexibility index (Phi) is 6.92. The summed E-state index contributed by atoms with van der Waals surface area (Å²) < 4.78 is 11.8. The second-order valence-corrected chi connectivity index (χ2v) is 7.40. The van der Waals surface area contributed by atoms with Gasteiger partial charge in [-0.1, -0.05) is 34.1 Å². The number of nitrogens with zero attached hydrogens (tertiary/aromatic N) is 1. The lowest BCUT2D eigenvalue weighted by molar-refractivity contribution is 0.0858. The van der Waals surface area contributed by atoms with Crippen LogP contribution < -0.4 is 10.1 Å². The molecular formula is C21H23BrN2O4. The fourth-order valence-corrected chi connectivity index (χ4v) is 3.46. The van der Waals surface area contributed by atoms with Crippen LogP contribution in [0.15, 0.2) is 53.0 Å². The van der Waals surface area contributed by atoms with Gasteiger partial charge in [0.05, 0.1) is 12.2 Å². The summed E-state index contributed by atoms with van der Waals surface area (Å²) in [5, 5.41) is 3.06. The first kappa shape index (κ1) is 20.2. The van der Waals surface area contributed by atoms with E-state index in [2.05, 4.69) is 21.2 Å². The van der Waals surface area contributed by atoms with Crippen LogP contribution >= 0.6 is 15.9 Å². The van der Waals surface area contributed by atoms with Gasteiger partial charge in [0, 0.05) is 23.6 Å². The van der Waals surface area contributed by atoms with Crippen molar-refractivity contribution in [2.45, 2.75) is 25.8 Å². The van der Waals surface area contributed by atoms with Crippen molar-refractivity contribution in [2.75, 3.05) is 19.7 Å². The number of piperidine rings is 1. The third-order valence-corrected chi connectivity index (χ3v) is 5.01. The Balaban J connectivity index is 1.62. The molecule has 28 heavy (non-hydrogen) atoms. The predicted octanol–water partition coefficient (Wildman–Crippen LogP) is 4.59. The Hall–Kier alpha value is -2.54. The predicted molar refractivity (Wildman–Crippen MR) is 110 cm³/mol. The second kappa shape index (κ2) is 9.59. The zero-order valence-electron chi connectivity index (χ0n) is 15.7. The Morgan fingerprint density at radius 1 is 1.14 bits per heavy atom. The molecule has 7 heteroatoms. The van der Waals surface area contributed by atoms with Crippen LogP contribution in [0.4, 0.5) is 4.79 Å². The normalized spacial score (nSPS) is 14.4. The molecule has 0 saturated carbocycles. The maximum atomic E-state index is 12.8. The highest BCUT2D eigenvalue weighted by Gasteiger charge is 2.25. The number of carbonyl (C=O) groups is 2. The monoisotopic (exact) mass is 446 g/mol. The molecule has 2 amide bonds. The van der Waals surface area contributed by atoms with Gasteiger partial charge in [-0.3, -0.25) is 4.79 Å². The highest BCUT2D eigenvalue weighted by molar-refractivity contribution is 9.10. The van der Waals surface area contributed by atoms with Crippen molar-refractivity contribution < 1.29 is 19.1 Å². The van der Waals surface area contributed by atoms with Crippen molar-refractivity contribution in [3.05, 3.63) is 58.6 Å². The number of halogens is 1. The van der Waals surface area contributed by atoms with Crippen LogP contribution in [0.5, 0.6) is 11.5 Å². The van der Waals surface area contributed by atoms with E-state index >= 15 is 0 Å². The Morgan fingerprint density at radius 3 is 2.61 bits per heavy atom. The molecule has 0 radical (unpaired) electrons. The maximum Gasteiger partial charge on any atom is 0.409 e. The topological polar surface area (TPSA) is 67.9 Å². The smallest absolute Gasteiger partial charge is 0.409 e. The maximum absolute atomic E-state index is 12.8. The molecule has 2 aromatic rings. The lowest BCUT2D eigenvalue weighted by atomic mass is 10.0. The summed E-state index contributed by atoms with van der Waals surface area (Å²) in [6, 6.07) is 14.7. The zero-order valence-corrected chi connectivity index (χ0v) is 17.3. The SMILES string of the molecule is CCOC(=O)N1CCC(NC(=O)c2ccccc2Oc2cccc(Br)c2)CC1. The Morgan fingerprint density at radius 2 is 1.89 bits per heavy atom. The van der Waals surface area contributed by atoms with Crippen molar-refractivity contribution in [3.63, 3.8) is 0 Å². The molecule has 1 saturated heterocycles. The minimum atomic E-state index is -0.292. The summed E-state index contributed by atoms with van der Waals surface area (Å²) in [5.74, 6) is 0.972. The molecule has 0 unspecified atom stereocenters. The Bertz CT molecular complexity index is 835. The van der Waals surface area contributed by atoms with Crippen molar-refractivity contribution in [3.8, 4) is 11.5 Å². The third kappa shape index (κ3) is 5.25. The van der Waals surface area contributed by atoms with Crippen LogP contribution in [0.25, 0.3) is 0 Å². The fraction of sp³-hybridized carbons (Fsp3) is 0.333. The quantitative estimate of drug-likeness (QED) is 0.728. The summed E-state index contributed by atoms with van der Waals surface area (Å²) in [4.78, 5) is 26.3. The number of para-hydroxylation sites is 1. The van der Waals surface area contributed by atoms with Gasteiger partial charge in [-0.2, -0.15) is 0 Å². The molecule has 2 aromatic carbocycles. The molecule has 1 N–H and O–H groups in total. The number of amides is 2. The number of ether oxygens (including phenoxy) is 2. The minimum Gasteiger partial charge on any atom is -0.456 e. The standard InChI is InChI=1S/C21H23BrN2O4/c1-2-27-21(26)24-12-10-16(11-13-24)23-20(25)18-8-3-4-9-19(18)28-17-7-5-6-15(22)14-17/h3-9,14,16H,2,10-13H2,1H3,(H,23,25). The number of nitrogens with one attached hydrogen (secondary N) is 1. The number of likely N-dealkylation sites (tertiary alicyclic amines) is 1. The van der Waals surface area contributed by atoms with Crippen LogP contribution in [0.1, 0.15) is 30.1 Å². The second-order valence-electron chi connectivity index (χ2n) is 6.49. The summed E-state index contributed by atoms with van der Waals surface area (Å²) in [5.41, 5.74) is 0.482. The summed E-state index contributed by atoms with van der Waals surface area (Å²) in [6.45, 7) is 3.29. The first-order valence-electron chi connectivity index (χ1n) is 9.32. The van der Waals surface area contributed by atoms with Crippen LogP contribution in [0.3, 0.4) is 0 Å². The van der Waals surface area contributed by atoms with Crippen LogP contribution in [0.2, 0.25) is 0 Å². The number of hydrogen-bond donors (Lipinski definition) is 1. The van der Waals surface area contributed by atoms with Crippen molar-refractivity contribution >= 4 is 27.9 Å². The average Bonchev–Trinajstić information content (AvgIpc) is 2.69. The lowest BCUT2D eigenvalue weighted by Gasteiger charge is -2.31. The molecule has 1 aliphatic heterocycles. The van der Waals surface area contributed by atoms with E-state index < -0.39 is 0 Å². The molecule has 1 heterocycles. The number of hydrogen-bond acceptors (Lipinski definition) is 4. The van der Waals surface area contributed by atoms with Crippen LogP contribution in [-0.4, -0.2) is 42.6 Å². The van der Waals surface area contributed by atoms with Crippen molar-refractivity contribution in [1.29, 1.82) is 0 Å². The van der Waals surface area contributed by atoms with Crippen molar-refractivity contribution in [2.24, 2.45) is 0 Å². The zero-order chi connectivity index (χ0) is 19.9. The van der Waals surface area contributed by atoms with E-state index in [0.717, 1.165) is 4.47 Å². The highest BCUT2D eigenvalue weighted by atomic mass is 79.9. The van der Waals surface area contributed by atoms with E-state index in [0.29, 0.717) is 49.6 Å². The molecule has 0 bridgehead atoms. The highest BCUT2D eigenvalue weighted by Crippen LogP contribution is 2.27. The molecule has 148 valence electrons. The first-order valence-corrected chi connectivity index (χ1v) is 10.1. The summed E-state index contributed by atoms with van der Waals surface area (Å²) >= 11 is 3.42. The lowest BCUT2D eigenvalue weighted by Crippen LogP contribution is -2.46. The van der Waals surface area contributed by atoms with Crippen LogP contribution in [-0.2, 0) is 4.74 Å². The van der Waals surface area contributed by atoms with Crippen LogP contribution in [0, 0.1) is 0 Å². The summed E-state index contributed by atoms with van der Waals surface area (Å²) in [6.07, 6.45) is 1.10. The van der Waals surface area contributed by atoms with E-state index in [1.165, 1.54) is 0 Å². The van der Waals surface area contributed by atoms with Gasteiger partial charge in [0.25, 0.3) is 5.91 Å². The number of rotatable bonds is 5. The van der Waals surface area contributed by atoms with Gasteiger partial charge in [-0.15, -0.1) is 0 Å². The third-order valence-electron chi connectivity index (χ3n) is 4.51. The van der Waals surface area contributed by atoms with Gasteiger partial charge in [0.1, 0.15) is 11.5 Å². The number of carbonyl (C=O) groups excluding carboxylic acids is 2. The average molecular weight is 447 g/mol. The molecule has 0 aromatic heterocycles.